The van der Waals surface area contributed by atoms with E-state index in [9.17, 15) is 0 Å². The molecule has 0 N–H and O–H groups in total. The van der Waals surface area contributed by atoms with Crippen molar-refractivity contribution in [1.29, 1.82) is 0 Å². The Balaban J connectivity index is 2.05. The van der Waals surface area contributed by atoms with Gasteiger partial charge in [-0.3, -0.25) is 15.0 Å². The molecule has 0 fully saturated rings. The second-order valence-electron chi connectivity index (χ2n) is 4.37. The number of nitrogens with zero attached hydrogens (tertiary/aromatic N) is 3. The molecule has 1 aromatic carbocycles. The van der Waals surface area contributed by atoms with Gasteiger partial charge in [0.15, 0.2) is 0 Å². The fraction of sp³-hybridized carbons (Fsp3) is 0.214. The Morgan fingerprint density at radius 2 is 2.11 bits per heavy atom. The fourth-order valence-corrected chi connectivity index (χ4v) is 2.36. The fourth-order valence-electron chi connectivity index (χ4n) is 1.62. The molecule has 2 aromatic rings. The molecule has 0 unspecified atom stereocenters. The molecule has 0 saturated heterocycles. The average Bonchev–Trinajstić information content (AvgIpc) is 2.41. The van der Waals surface area contributed by atoms with Crippen LogP contribution < -0.4 is 4.43 Å². The lowest BCUT2D eigenvalue weighted by atomic mass is 10.2. The summed E-state index contributed by atoms with van der Waals surface area (Å²) >= 11 is 0. The monoisotopic (exact) mass is 271 g/mol. The van der Waals surface area contributed by atoms with E-state index in [4.69, 9.17) is 4.43 Å². The molecular formula is C14H17N3OSi. The maximum atomic E-state index is 5.89. The first-order valence-electron chi connectivity index (χ1n) is 6.26. The van der Waals surface area contributed by atoms with E-state index in [-0.39, 0.29) is 0 Å². The first-order valence-corrected chi connectivity index (χ1v) is 9.04. The van der Waals surface area contributed by atoms with Crippen LogP contribution in [0.2, 0.25) is 13.1 Å². The van der Waals surface area contributed by atoms with E-state index in [0.29, 0.717) is 6.54 Å². The van der Waals surface area contributed by atoms with Crippen LogP contribution >= 0.6 is 0 Å². The summed E-state index contributed by atoms with van der Waals surface area (Å²) in [6.45, 7) is 4.90. The van der Waals surface area contributed by atoms with Gasteiger partial charge >= 0.3 is 0 Å². The summed E-state index contributed by atoms with van der Waals surface area (Å²) in [7, 11) is -1.09. The minimum atomic E-state index is -1.09. The van der Waals surface area contributed by atoms with Gasteiger partial charge in [0, 0.05) is 24.2 Å². The Kier molecular flexibility index (Phi) is 4.80. The van der Waals surface area contributed by atoms with Crippen molar-refractivity contribution in [2.45, 2.75) is 19.6 Å². The highest BCUT2D eigenvalue weighted by molar-refractivity contribution is 6.49. The summed E-state index contributed by atoms with van der Waals surface area (Å²) < 4.78 is 5.89. The van der Waals surface area contributed by atoms with Crippen molar-refractivity contribution >= 4 is 15.3 Å². The predicted octanol–water partition coefficient (Wildman–Crippen LogP) is 2.46. The zero-order valence-electron chi connectivity index (χ0n) is 11.2. The molecule has 5 heteroatoms. The van der Waals surface area contributed by atoms with Crippen LogP contribution in [0.25, 0.3) is 0 Å². The van der Waals surface area contributed by atoms with Crippen molar-refractivity contribution in [3.63, 3.8) is 0 Å². The maximum Gasteiger partial charge on any atom is 0.229 e. The maximum absolute atomic E-state index is 5.89. The van der Waals surface area contributed by atoms with E-state index in [1.807, 2.05) is 24.3 Å². The highest BCUT2D eigenvalue weighted by Gasteiger charge is 2.04. The number of aliphatic imine (C=N–C) groups is 1. The van der Waals surface area contributed by atoms with E-state index < -0.39 is 9.04 Å². The summed E-state index contributed by atoms with van der Waals surface area (Å²) in [5.74, 6) is 0.945. The molecular weight excluding hydrogens is 254 g/mol. The molecule has 0 aliphatic rings. The van der Waals surface area contributed by atoms with Gasteiger partial charge in [-0.05, 0) is 19.2 Å². The predicted molar refractivity (Wildman–Crippen MR) is 79.3 cm³/mol. The Labute approximate surface area is 114 Å². The van der Waals surface area contributed by atoms with Crippen molar-refractivity contribution < 1.29 is 4.43 Å². The highest BCUT2D eigenvalue weighted by Crippen LogP contribution is 2.19. The van der Waals surface area contributed by atoms with Gasteiger partial charge in [-0.2, -0.15) is 0 Å². The van der Waals surface area contributed by atoms with Crippen LogP contribution in [0.4, 0.5) is 0 Å². The van der Waals surface area contributed by atoms with Crippen molar-refractivity contribution in [3.8, 4) is 5.75 Å². The van der Waals surface area contributed by atoms with Crippen molar-refractivity contribution in [1.82, 2.24) is 9.97 Å². The molecule has 0 aliphatic heterocycles. The van der Waals surface area contributed by atoms with Gasteiger partial charge in [-0.15, -0.1) is 0 Å². The van der Waals surface area contributed by atoms with Gasteiger partial charge in [0.05, 0.1) is 18.4 Å². The lowest BCUT2D eigenvalue weighted by Gasteiger charge is -2.12. The Morgan fingerprint density at radius 1 is 1.26 bits per heavy atom. The molecule has 1 heterocycles. The number of aromatic nitrogens is 2. The SMILES string of the molecule is C[SiH](C)Oc1ccccc1CN=Cc1cnccn1. The summed E-state index contributed by atoms with van der Waals surface area (Å²) in [6, 6.07) is 8.03. The molecule has 0 saturated carbocycles. The van der Waals surface area contributed by atoms with Crippen LogP contribution in [0.5, 0.6) is 5.75 Å². The van der Waals surface area contributed by atoms with Gasteiger partial charge < -0.3 is 4.43 Å². The molecule has 0 atom stereocenters. The minimum Gasteiger partial charge on any atom is -0.547 e. The quantitative estimate of drug-likeness (QED) is 0.620. The Bertz CT molecular complexity index is 543. The summed E-state index contributed by atoms with van der Waals surface area (Å²) in [6.07, 6.45) is 6.72. The lowest BCUT2D eigenvalue weighted by Crippen LogP contribution is -2.12. The zero-order valence-corrected chi connectivity index (χ0v) is 12.3. The summed E-state index contributed by atoms with van der Waals surface area (Å²) in [5, 5.41) is 0. The molecule has 2 rings (SSSR count). The number of para-hydroxylation sites is 1. The number of rotatable bonds is 5. The first-order chi connectivity index (χ1) is 9.25. The van der Waals surface area contributed by atoms with Crippen molar-refractivity contribution in [3.05, 3.63) is 54.1 Å². The molecule has 4 nitrogen and oxygen atoms in total. The highest BCUT2D eigenvalue weighted by atomic mass is 28.3. The standard InChI is InChI=1S/C14H17N3OSi/c1-19(2)18-14-6-4-3-5-12(14)9-16-11-13-10-15-7-8-17-13/h3-8,10-11,19H,9H2,1-2H3. The number of hydrogen-bond donors (Lipinski definition) is 0. The third kappa shape index (κ3) is 4.29. The molecule has 19 heavy (non-hydrogen) atoms. The molecule has 0 aliphatic carbocycles. The third-order valence-corrected chi connectivity index (χ3v) is 3.13. The molecule has 0 spiro atoms. The summed E-state index contributed by atoms with van der Waals surface area (Å²) in [5.41, 5.74) is 1.86. The second kappa shape index (κ2) is 6.80. The second-order valence-corrected chi connectivity index (χ2v) is 6.71. The van der Waals surface area contributed by atoms with E-state index in [1.165, 1.54) is 0 Å². The molecule has 0 amide bonds. The largest absolute Gasteiger partial charge is 0.547 e. The normalized spacial score (nSPS) is 11.1. The molecule has 1 aromatic heterocycles. The van der Waals surface area contributed by atoms with Gasteiger partial charge in [0.25, 0.3) is 0 Å². The van der Waals surface area contributed by atoms with Crippen LogP contribution in [-0.4, -0.2) is 25.2 Å². The van der Waals surface area contributed by atoms with Crippen LogP contribution in [-0.2, 0) is 6.54 Å². The Hall–Kier alpha value is -2.01. The van der Waals surface area contributed by atoms with Crippen molar-refractivity contribution in [2.75, 3.05) is 0 Å². The first kappa shape index (κ1) is 13.4. The molecule has 98 valence electrons. The van der Waals surface area contributed by atoms with E-state index in [0.717, 1.165) is 17.0 Å². The average molecular weight is 271 g/mol. The Morgan fingerprint density at radius 3 is 2.84 bits per heavy atom. The van der Waals surface area contributed by atoms with E-state index in [1.54, 1.807) is 24.8 Å². The van der Waals surface area contributed by atoms with Crippen molar-refractivity contribution in [2.24, 2.45) is 4.99 Å². The van der Waals surface area contributed by atoms with Gasteiger partial charge in [0.1, 0.15) is 5.75 Å². The van der Waals surface area contributed by atoms with Crippen LogP contribution in [0, 0.1) is 0 Å². The van der Waals surface area contributed by atoms with E-state index >= 15 is 0 Å². The smallest absolute Gasteiger partial charge is 0.229 e. The van der Waals surface area contributed by atoms with Crippen LogP contribution in [0.3, 0.4) is 0 Å². The number of benzene rings is 1. The van der Waals surface area contributed by atoms with E-state index in [2.05, 4.69) is 28.1 Å². The van der Waals surface area contributed by atoms with Crippen LogP contribution in [0.15, 0.2) is 47.8 Å². The van der Waals surface area contributed by atoms with Gasteiger partial charge in [-0.25, -0.2) is 0 Å². The molecule has 0 bridgehead atoms. The van der Waals surface area contributed by atoms with Gasteiger partial charge in [-0.1, -0.05) is 18.2 Å². The number of hydrogen-bond acceptors (Lipinski definition) is 4. The topological polar surface area (TPSA) is 47.4 Å². The molecule has 0 radical (unpaired) electrons. The third-order valence-electron chi connectivity index (χ3n) is 2.40. The van der Waals surface area contributed by atoms with Gasteiger partial charge in [0.2, 0.25) is 9.04 Å². The summed E-state index contributed by atoms with van der Waals surface area (Å²) in [4.78, 5) is 12.5. The van der Waals surface area contributed by atoms with Crippen LogP contribution in [0.1, 0.15) is 11.3 Å². The zero-order chi connectivity index (χ0) is 13.5. The lowest BCUT2D eigenvalue weighted by molar-refractivity contribution is 0.572. The minimum absolute atomic E-state index is 0.591.